The SMILES string of the molecule is CC(=O)c1nn(CC(=O)N2C3CC3(COS(C)(=O)=O)C[C@H]2C(=O)Nc2nc(Br)ccc2C)c2ccc(-c3cnc(C)nc3)cc12.CCCC12CC1N(C(=O)Cn1nc(C(C)=O)c3cc(-c4cnc(C)nc4)ccc31)[C@H](C(=O)Nc1nc(Br)ccc1C)C2.CN.Cl. The average Bonchev–Trinajstić information content (AvgIpc) is 1.55. The third-order valence-electron chi connectivity index (χ3n) is 16.9. The lowest BCUT2D eigenvalue weighted by molar-refractivity contribution is -0.138. The van der Waals surface area contributed by atoms with Gasteiger partial charge in [0.15, 0.2) is 11.6 Å². The molecule has 0 radical (unpaired) electrons. The van der Waals surface area contributed by atoms with Gasteiger partial charge >= 0.3 is 0 Å². The maximum Gasteiger partial charge on any atom is 0.264 e. The number of carbonyl (C=O) groups is 6. The van der Waals surface area contributed by atoms with E-state index in [1.54, 1.807) is 66.4 Å². The van der Waals surface area contributed by atoms with Crippen LogP contribution >= 0.6 is 44.3 Å². The summed E-state index contributed by atoms with van der Waals surface area (Å²) >= 11 is 6.69. The van der Waals surface area contributed by atoms with Gasteiger partial charge in [0.2, 0.25) is 23.6 Å². The summed E-state index contributed by atoms with van der Waals surface area (Å²) in [6.45, 7) is 11.9. The number of nitrogens with two attached hydrogens (primary N) is 1. The number of nitrogens with zero attached hydrogens (tertiary/aromatic N) is 12. The van der Waals surface area contributed by atoms with Crippen LogP contribution in [0.4, 0.5) is 11.6 Å². The number of ketones is 2. The predicted octanol–water partition coefficient (Wildman–Crippen LogP) is 8.71. The second-order valence-corrected chi connectivity index (χ2v) is 26.4. The molecule has 6 aromatic heterocycles. The van der Waals surface area contributed by atoms with E-state index in [1.807, 2.05) is 56.3 Å². The topological polar surface area (TPSA) is 315 Å². The van der Waals surface area contributed by atoms with Crippen LogP contribution in [-0.4, -0.2) is 147 Å². The van der Waals surface area contributed by atoms with Crippen LogP contribution < -0.4 is 16.4 Å². The molecule has 2 aliphatic carbocycles. The molecule has 2 saturated carbocycles. The normalized spacial score (nSPS) is 20.2. The summed E-state index contributed by atoms with van der Waals surface area (Å²) in [5.74, 6) is 0.413. The number of aryl methyl sites for hydroxylation is 4. The maximum absolute atomic E-state index is 14.0. The van der Waals surface area contributed by atoms with Crippen LogP contribution in [0, 0.1) is 38.5 Å². The van der Waals surface area contributed by atoms with Gasteiger partial charge in [-0.05, 0) is 163 Å². The van der Waals surface area contributed by atoms with E-state index in [0.717, 1.165) is 58.9 Å². The molecule has 4 fully saturated rings. The Balaban J connectivity index is 0.000000206. The number of nitrogens with one attached hydrogen (secondary N) is 2. The summed E-state index contributed by atoms with van der Waals surface area (Å²) < 4.78 is 33.0. The number of Topliss-reactive ketones (excluding diaryl/α,β-unsaturated/α-hetero) is 2. The first kappa shape index (κ1) is 66.6. The fourth-order valence-electron chi connectivity index (χ4n) is 12.4. The largest absolute Gasteiger partial charge is 0.333 e. The van der Waals surface area contributed by atoms with Gasteiger partial charge in [-0.15, -0.1) is 12.4 Å². The van der Waals surface area contributed by atoms with Crippen molar-refractivity contribution in [3.63, 3.8) is 0 Å². The summed E-state index contributed by atoms with van der Waals surface area (Å²) in [6.07, 6.45) is 12.0. The van der Waals surface area contributed by atoms with Crippen LogP contribution in [0.3, 0.4) is 0 Å². The van der Waals surface area contributed by atoms with Gasteiger partial charge in [-0.2, -0.15) is 18.6 Å². The van der Waals surface area contributed by atoms with Crippen molar-refractivity contribution < 1.29 is 41.4 Å². The first-order valence-corrected chi connectivity index (χ1v) is 32.3. The second-order valence-electron chi connectivity index (χ2n) is 23.1. The molecule has 4 N–H and O–H groups in total. The molecule has 2 aliphatic heterocycles. The minimum atomic E-state index is -3.73. The Morgan fingerprint density at radius 3 is 1.41 bits per heavy atom. The number of rotatable bonds is 17. The number of hydrogen-bond donors (Lipinski definition) is 3. The van der Waals surface area contributed by atoms with Crippen LogP contribution in [0.2, 0.25) is 0 Å². The monoisotopic (exact) mass is 1390 g/mol. The van der Waals surface area contributed by atoms with E-state index in [-0.39, 0.29) is 79.1 Å². The van der Waals surface area contributed by atoms with Crippen molar-refractivity contribution in [2.24, 2.45) is 16.6 Å². The Hall–Kier alpha value is -7.82. The third-order valence-corrected chi connectivity index (χ3v) is 18.3. The highest BCUT2D eigenvalue weighted by molar-refractivity contribution is 9.10. The molecule has 0 bridgehead atoms. The van der Waals surface area contributed by atoms with Gasteiger partial charge in [0.1, 0.15) is 69.1 Å². The Kier molecular flexibility index (Phi) is 19.7. The molecule has 8 heterocycles. The lowest BCUT2D eigenvalue weighted by Crippen LogP contribution is -2.47. The molecular weight excluding hydrogens is 1330 g/mol. The fraction of sp³-hybridized carbons (Fsp3) is 0.387. The van der Waals surface area contributed by atoms with Crippen molar-refractivity contribution in [2.75, 3.05) is 30.5 Å². The van der Waals surface area contributed by atoms with Gasteiger partial charge in [0.05, 0.1) is 23.9 Å². The molecule has 0 spiro atoms. The third kappa shape index (κ3) is 13.8. The zero-order valence-electron chi connectivity index (χ0n) is 50.9. The molecule has 4 unspecified atom stereocenters. The Morgan fingerprint density at radius 1 is 0.611 bits per heavy atom. The van der Waals surface area contributed by atoms with Crippen LogP contribution in [0.15, 0.2) is 94.7 Å². The number of aromatic nitrogens is 10. The van der Waals surface area contributed by atoms with Crippen molar-refractivity contribution in [1.82, 2.24) is 59.3 Å². The van der Waals surface area contributed by atoms with E-state index >= 15 is 0 Å². The van der Waals surface area contributed by atoms with Crippen LogP contribution in [0.5, 0.6) is 0 Å². The average molecular weight is 1390 g/mol. The minimum Gasteiger partial charge on any atom is -0.333 e. The summed E-state index contributed by atoms with van der Waals surface area (Å²) in [5.41, 5.74) is 10.3. The second kappa shape index (κ2) is 26.6. The van der Waals surface area contributed by atoms with Crippen molar-refractivity contribution >= 4 is 123 Å². The number of piperidine rings is 2. The number of carbonyl (C=O) groups excluding carboxylic acids is 6. The van der Waals surface area contributed by atoms with Crippen molar-refractivity contribution in [3.8, 4) is 22.3 Å². The number of benzene rings is 2. The number of fused-ring (bicyclic) bond motifs is 4. The lowest BCUT2D eigenvalue weighted by atomic mass is 9.94. The summed E-state index contributed by atoms with van der Waals surface area (Å²) in [6, 6.07) is 16.5. The highest BCUT2D eigenvalue weighted by atomic mass is 79.9. The number of amides is 4. The molecule has 2 aromatic carbocycles. The van der Waals surface area contributed by atoms with Crippen LogP contribution in [0.1, 0.15) is 103 Å². The van der Waals surface area contributed by atoms with Crippen molar-refractivity contribution in [1.29, 1.82) is 0 Å². The van der Waals surface area contributed by atoms with Gasteiger partial charge in [-0.1, -0.05) is 37.6 Å². The molecule has 12 rings (SSSR count). The van der Waals surface area contributed by atoms with Gasteiger partial charge in [0.25, 0.3) is 10.1 Å². The molecule has 4 amide bonds. The lowest BCUT2D eigenvalue weighted by Gasteiger charge is -2.27. The number of halogens is 3. The van der Waals surface area contributed by atoms with Crippen LogP contribution in [-0.2, 0) is 46.6 Å². The van der Waals surface area contributed by atoms with Gasteiger partial charge < -0.3 is 26.2 Å². The molecule has 8 aromatic rings. The van der Waals surface area contributed by atoms with Crippen LogP contribution in [0.25, 0.3) is 44.1 Å². The maximum atomic E-state index is 14.0. The summed E-state index contributed by atoms with van der Waals surface area (Å²) in [5, 5.41) is 16.1. The van der Waals surface area contributed by atoms with Gasteiger partial charge in [-0.3, -0.25) is 42.3 Å². The van der Waals surface area contributed by atoms with Crippen molar-refractivity contribution in [2.45, 2.75) is 124 Å². The molecule has 6 atom stereocenters. The van der Waals surface area contributed by atoms with Gasteiger partial charge in [-0.25, -0.2) is 29.9 Å². The summed E-state index contributed by atoms with van der Waals surface area (Å²) in [4.78, 5) is 110. The van der Waals surface area contributed by atoms with Gasteiger partial charge in [0, 0.05) is 78.0 Å². The molecule has 472 valence electrons. The highest BCUT2D eigenvalue weighted by Gasteiger charge is 2.68. The number of hydrogen-bond acceptors (Lipinski definition) is 18. The zero-order valence-corrected chi connectivity index (χ0v) is 55.8. The fourth-order valence-corrected chi connectivity index (χ4v) is 13.4. The van der Waals surface area contributed by atoms with E-state index in [1.165, 1.54) is 30.5 Å². The molecule has 4 aliphatic rings. The van der Waals surface area contributed by atoms with E-state index in [4.69, 9.17) is 4.18 Å². The quantitative estimate of drug-likeness (QED) is 0.0436. The van der Waals surface area contributed by atoms with E-state index in [2.05, 4.69) is 95.3 Å². The molecule has 24 nitrogen and oxygen atoms in total. The Labute approximate surface area is 542 Å². The highest BCUT2D eigenvalue weighted by Crippen LogP contribution is 2.63. The molecule has 2 saturated heterocycles. The first-order chi connectivity index (χ1) is 42.3. The molecular formula is C62H68Br2ClN15O9S. The minimum absolute atomic E-state index is 0. The van der Waals surface area contributed by atoms with E-state index in [0.29, 0.717) is 72.8 Å². The predicted molar refractivity (Wildman–Crippen MR) is 347 cm³/mol. The standard InChI is InChI=1S/C31H32BrN7O3.C30H30BrN7O6S.CH5N.ClH/c1-5-10-31-12-24(30(42)36-29-17(2)6-9-26(32)35-29)39(25(31)13-31)27(41)16-38-23-8-7-20(21-14-33-19(4)34-15-21)11-22(23)28(37-38)18(3)40;1-16-5-8-25(31)34-28(16)35-29(41)23-10-30(15-44-45(4,42)43)11-24(30)38(23)26(40)14-37-22-7-6-19(20-12-32-18(3)33-13-20)9-21(22)27(36-37)17(2)39;1-2;/h6-9,11,14-15,24-25H,5,10,12-13,16H2,1-4H3,(H,35,36,42);5-9,12-13,23-24H,10-11,14-15H2,1-4H3,(H,34,35,41);2H2,1H3;1H/t24-,25?,31?;23-,24?,30?;;/m00../s1. The number of likely N-dealkylation sites (tertiary alicyclic amines) is 2. The Bertz CT molecular complexity index is 4270. The Morgan fingerprint density at radius 2 is 1.01 bits per heavy atom. The molecule has 28 heteroatoms. The first-order valence-electron chi connectivity index (χ1n) is 28.9. The number of anilines is 2. The zero-order chi connectivity index (χ0) is 64.0. The smallest absolute Gasteiger partial charge is 0.264 e. The van der Waals surface area contributed by atoms with E-state index < -0.39 is 45.5 Å². The van der Waals surface area contributed by atoms with Crippen molar-refractivity contribution in [3.05, 3.63) is 129 Å². The summed E-state index contributed by atoms with van der Waals surface area (Å²) in [7, 11) is -2.23. The van der Waals surface area contributed by atoms with E-state index in [9.17, 15) is 37.2 Å². The number of pyridine rings is 2. The molecule has 90 heavy (non-hydrogen) atoms.